The highest BCUT2D eigenvalue weighted by atomic mass is 16.2. The van der Waals surface area contributed by atoms with Gasteiger partial charge in [-0.25, -0.2) is 4.98 Å². The van der Waals surface area contributed by atoms with Crippen molar-refractivity contribution < 1.29 is 4.79 Å². The van der Waals surface area contributed by atoms with E-state index in [9.17, 15) is 4.79 Å². The maximum Gasteiger partial charge on any atom is 0.227 e. The van der Waals surface area contributed by atoms with Crippen LogP contribution in [0.25, 0.3) is 0 Å². The number of rotatable bonds is 4. The van der Waals surface area contributed by atoms with Crippen LogP contribution in [0, 0.1) is 13.8 Å². The Morgan fingerprint density at radius 3 is 2.42 bits per heavy atom. The van der Waals surface area contributed by atoms with E-state index in [0.29, 0.717) is 12.5 Å². The molecule has 6 nitrogen and oxygen atoms in total. The van der Waals surface area contributed by atoms with Crippen LogP contribution in [0.1, 0.15) is 50.3 Å². The van der Waals surface area contributed by atoms with Gasteiger partial charge < -0.3 is 15.1 Å². The van der Waals surface area contributed by atoms with Gasteiger partial charge in [0, 0.05) is 49.9 Å². The number of carbonyl (C=O) groups excluding carboxylic acids is 1. The van der Waals surface area contributed by atoms with Crippen molar-refractivity contribution in [3.63, 3.8) is 0 Å². The lowest BCUT2D eigenvalue weighted by Gasteiger charge is -2.33. The summed E-state index contributed by atoms with van der Waals surface area (Å²) in [5, 5.41) is 3.62. The molecule has 1 aromatic rings. The zero-order valence-corrected chi connectivity index (χ0v) is 15.1. The summed E-state index contributed by atoms with van der Waals surface area (Å²) < 4.78 is 0. The molecule has 132 valence electrons. The molecule has 2 aliphatic rings. The van der Waals surface area contributed by atoms with Crippen molar-refractivity contribution in [1.82, 2.24) is 14.9 Å². The van der Waals surface area contributed by atoms with Gasteiger partial charge in [0.15, 0.2) is 0 Å². The average Bonchev–Trinajstić information content (AvgIpc) is 3.13. The van der Waals surface area contributed by atoms with Crippen LogP contribution >= 0.6 is 0 Å². The second-order valence-corrected chi connectivity index (χ2v) is 6.93. The minimum atomic E-state index is 0.263. The molecule has 3 heterocycles. The monoisotopic (exact) mass is 331 g/mol. The quantitative estimate of drug-likeness (QED) is 0.918. The van der Waals surface area contributed by atoms with E-state index in [1.807, 2.05) is 11.8 Å². The van der Waals surface area contributed by atoms with Gasteiger partial charge in [0.2, 0.25) is 11.9 Å². The molecule has 3 rings (SSSR count). The van der Waals surface area contributed by atoms with E-state index in [1.54, 1.807) is 0 Å². The summed E-state index contributed by atoms with van der Waals surface area (Å²) in [4.78, 5) is 25.5. The third-order valence-corrected chi connectivity index (χ3v) is 5.26. The zero-order valence-electron chi connectivity index (χ0n) is 15.1. The molecule has 0 bridgehead atoms. The topological polar surface area (TPSA) is 61.4 Å². The molecule has 0 radical (unpaired) electrons. The molecule has 2 saturated heterocycles. The number of hydrogen-bond donors (Lipinski definition) is 1. The van der Waals surface area contributed by atoms with Crippen molar-refractivity contribution in [1.29, 1.82) is 0 Å². The van der Waals surface area contributed by atoms with E-state index in [-0.39, 0.29) is 5.91 Å². The molecule has 0 aromatic carbocycles. The van der Waals surface area contributed by atoms with Gasteiger partial charge in [-0.1, -0.05) is 6.92 Å². The second-order valence-electron chi connectivity index (χ2n) is 6.93. The van der Waals surface area contributed by atoms with Crippen LogP contribution < -0.4 is 10.2 Å². The standard InChI is InChI=1S/C18H29N5O/c1-4-16(24)22-11-7-15(8-12-22)20-17-13(2)14(3)19-18(21-17)23-9-5-6-10-23/h15H,4-12H2,1-3H3,(H,19,20,21). The Bertz CT molecular complexity index is 589. The number of aromatic nitrogens is 2. The number of carbonyl (C=O) groups is 1. The highest BCUT2D eigenvalue weighted by Crippen LogP contribution is 2.24. The van der Waals surface area contributed by atoms with Crippen LogP contribution in [0.4, 0.5) is 11.8 Å². The van der Waals surface area contributed by atoms with Gasteiger partial charge in [0.1, 0.15) is 5.82 Å². The summed E-state index contributed by atoms with van der Waals surface area (Å²) in [6.07, 6.45) is 5.01. The molecular weight excluding hydrogens is 302 g/mol. The number of hydrogen-bond acceptors (Lipinski definition) is 5. The van der Waals surface area contributed by atoms with E-state index in [0.717, 1.165) is 62.0 Å². The molecule has 1 N–H and O–H groups in total. The van der Waals surface area contributed by atoms with Crippen LogP contribution in [0.5, 0.6) is 0 Å². The normalized spacial score (nSPS) is 19.0. The molecule has 0 atom stereocenters. The Morgan fingerprint density at radius 2 is 1.79 bits per heavy atom. The second kappa shape index (κ2) is 7.36. The Kier molecular flexibility index (Phi) is 5.21. The molecule has 0 saturated carbocycles. The Morgan fingerprint density at radius 1 is 1.12 bits per heavy atom. The summed E-state index contributed by atoms with van der Waals surface area (Å²) in [6.45, 7) is 9.86. The van der Waals surface area contributed by atoms with Gasteiger partial charge in [0.05, 0.1) is 0 Å². The molecular formula is C18H29N5O. The van der Waals surface area contributed by atoms with Crippen molar-refractivity contribution in [3.8, 4) is 0 Å². The molecule has 0 spiro atoms. The third-order valence-electron chi connectivity index (χ3n) is 5.26. The van der Waals surface area contributed by atoms with E-state index >= 15 is 0 Å². The fraction of sp³-hybridized carbons (Fsp3) is 0.722. The summed E-state index contributed by atoms with van der Waals surface area (Å²) >= 11 is 0. The molecule has 1 aromatic heterocycles. The van der Waals surface area contributed by atoms with Crippen molar-refractivity contribution >= 4 is 17.7 Å². The predicted octanol–water partition coefficient (Wildman–Crippen LogP) is 2.51. The number of nitrogens with one attached hydrogen (secondary N) is 1. The Labute approximate surface area is 144 Å². The zero-order chi connectivity index (χ0) is 17.1. The van der Waals surface area contributed by atoms with Crippen molar-refractivity contribution in [2.24, 2.45) is 0 Å². The van der Waals surface area contributed by atoms with Crippen LogP contribution in [-0.2, 0) is 4.79 Å². The lowest BCUT2D eigenvalue weighted by molar-refractivity contribution is -0.131. The van der Waals surface area contributed by atoms with Crippen molar-refractivity contribution in [2.75, 3.05) is 36.4 Å². The minimum absolute atomic E-state index is 0.263. The SMILES string of the molecule is CCC(=O)N1CCC(Nc2nc(N3CCCC3)nc(C)c2C)CC1. The summed E-state index contributed by atoms with van der Waals surface area (Å²) in [7, 11) is 0. The largest absolute Gasteiger partial charge is 0.367 e. The lowest BCUT2D eigenvalue weighted by Crippen LogP contribution is -2.42. The first-order chi connectivity index (χ1) is 11.6. The van der Waals surface area contributed by atoms with E-state index in [2.05, 4.69) is 29.0 Å². The van der Waals surface area contributed by atoms with Crippen molar-refractivity contribution in [3.05, 3.63) is 11.3 Å². The molecule has 6 heteroatoms. The van der Waals surface area contributed by atoms with Gasteiger partial charge in [-0.3, -0.25) is 4.79 Å². The number of piperidine rings is 1. The number of nitrogens with zero attached hydrogens (tertiary/aromatic N) is 4. The minimum Gasteiger partial charge on any atom is -0.367 e. The maximum atomic E-state index is 11.8. The van der Waals surface area contributed by atoms with E-state index in [1.165, 1.54) is 12.8 Å². The summed E-state index contributed by atoms with van der Waals surface area (Å²) in [5.74, 6) is 2.08. The smallest absolute Gasteiger partial charge is 0.227 e. The summed E-state index contributed by atoms with van der Waals surface area (Å²) in [5.41, 5.74) is 2.18. The lowest BCUT2D eigenvalue weighted by atomic mass is 10.0. The number of amides is 1. The van der Waals surface area contributed by atoms with Gasteiger partial charge in [-0.05, 0) is 39.5 Å². The van der Waals surface area contributed by atoms with E-state index < -0.39 is 0 Å². The molecule has 0 unspecified atom stereocenters. The molecule has 1 amide bonds. The van der Waals surface area contributed by atoms with Crippen molar-refractivity contribution in [2.45, 2.75) is 58.9 Å². The molecule has 2 fully saturated rings. The fourth-order valence-electron chi connectivity index (χ4n) is 3.50. The Balaban J connectivity index is 1.67. The average molecular weight is 331 g/mol. The summed E-state index contributed by atoms with van der Waals surface area (Å²) in [6, 6.07) is 0.380. The molecule has 24 heavy (non-hydrogen) atoms. The first-order valence-corrected chi connectivity index (χ1v) is 9.23. The van der Waals surface area contributed by atoms with Gasteiger partial charge in [-0.2, -0.15) is 4.98 Å². The highest BCUT2D eigenvalue weighted by molar-refractivity contribution is 5.75. The number of aryl methyl sites for hydroxylation is 1. The first kappa shape index (κ1) is 17.0. The Hall–Kier alpha value is -1.85. The van der Waals surface area contributed by atoms with Crippen LogP contribution in [0.3, 0.4) is 0 Å². The van der Waals surface area contributed by atoms with Gasteiger partial charge >= 0.3 is 0 Å². The fourth-order valence-corrected chi connectivity index (χ4v) is 3.50. The van der Waals surface area contributed by atoms with Crippen LogP contribution in [-0.4, -0.2) is 53.0 Å². The predicted molar refractivity (Wildman–Crippen MR) is 96.5 cm³/mol. The maximum absolute atomic E-state index is 11.8. The van der Waals surface area contributed by atoms with Gasteiger partial charge in [0.25, 0.3) is 0 Å². The van der Waals surface area contributed by atoms with Crippen LogP contribution in [0.2, 0.25) is 0 Å². The molecule has 2 aliphatic heterocycles. The third kappa shape index (κ3) is 3.62. The first-order valence-electron chi connectivity index (χ1n) is 9.23. The number of anilines is 2. The van der Waals surface area contributed by atoms with Gasteiger partial charge in [-0.15, -0.1) is 0 Å². The molecule has 0 aliphatic carbocycles. The number of likely N-dealkylation sites (tertiary alicyclic amines) is 1. The highest BCUT2D eigenvalue weighted by Gasteiger charge is 2.23. The van der Waals surface area contributed by atoms with Crippen LogP contribution in [0.15, 0.2) is 0 Å². The van der Waals surface area contributed by atoms with E-state index in [4.69, 9.17) is 4.98 Å².